The molecular formula is C31H33Cl2FN4O3. The smallest absolute Gasteiger partial charge is 0.335 e. The van der Waals surface area contributed by atoms with Crippen LogP contribution in [0.15, 0.2) is 36.7 Å². The summed E-state index contributed by atoms with van der Waals surface area (Å²) in [4.78, 5) is 35.4. The summed E-state index contributed by atoms with van der Waals surface area (Å²) in [5.41, 5.74) is 5.21. The average Bonchev–Trinajstić information content (AvgIpc) is 3.69. The molecule has 0 saturated carbocycles. The number of imidazole rings is 1. The summed E-state index contributed by atoms with van der Waals surface area (Å²) >= 11 is 13.7. The lowest BCUT2D eigenvalue weighted by atomic mass is 9.88. The summed E-state index contributed by atoms with van der Waals surface area (Å²) in [6, 6.07) is 9.06. The lowest BCUT2D eigenvalue weighted by Crippen LogP contribution is -2.36. The first-order chi connectivity index (χ1) is 19.9. The first-order valence-electron chi connectivity index (χ1n) is 14.3. The minimum Gasteiger partial charge on any atom is -0.464 e. The molecule has 216 valence electrons. The van der Waals surface area contributed by atoms with Crippen molar-refractivity contribution in [3.8, 4) is 11.1 Å². The number of aryl methyl sites for hydroxylation is 1. The van der Waals surface area contributed by atoms with E-state index in [9.17, 15) is 14.0 Å². The standard InChI is InChI=1S/C31H33Cl2FN4O3/c1-2-41-31(40)29(28-25-4-3-12-37(25)18-35-28)38-17-23-24(32)16-22(27(33)26(23)30(38)39)21-7-5-19(6-8-21)20-9-13-36(14-10-20)15-11-34/h5-8,16,18,20,29H,2-4,9-15,17H2,1H3. The van der Waals surface area contributed by atoms with Gasteiger partial charge < -0.3 is 19.1 Å². The number of hydrogen-bond acceptors (Lipinski definition) is 5. The van der Waals surface area contributed by atoms with Crippen LogP contribution in [0, 0.1) is 0 Å². The fraction of sp³-hybridized carbons (Fsp3) is 0.452. The predicted molar refractivity (Wildman–Crippen MR) is 156 cm³/mol. The number of nitrogens with zero attached hydrogens (tertiary/aromatic N) is 4. The number of ether oxygens (including phenoxy) is 1. The van der Waals surface area contributed by atoms with Gasteiger partial charge in [0.05, 0.1) is 29.2 Å². The van der Waals surface area contributed by atoms with Gasteiger partial charge in [-0.3, -0.25) is 4.79 Å². The molecule has 1 aromatic heterocycles. The maximum atomic E-state index is 13.9. The summed E-state index contributed by atoms with van der Waals surface area (Å²) in [5.74, 6) is -0.442. The topological polar surface area (TPSA) is 67.7 Å². The Labute approximate surface area is 249 Å². The van der Waals surface area contributed by atoms with Crippen molar-refractivity contribution in [1.29, 1.82) is 0 Å². The number of esters is 1. The molecular weight excluding hydrogens is 566 g/mol. The molecule has 0 radical (unpaired) electrons. The van der Waals surface area contributed by atoms with Gasteiger partial charge in [-0.05, 0) is 68.8 Å². The summed E-state index contributed by atoms with van der Waals surface area (Å²) in [6.07, 6.45) is 5.48. The van der Waals surface area contributed by atoms with Gasteiger partial charge in [0.2, 0.25) is 0 Å². The average molecular weight is 600 g/mol. The number of piperidine rings is 1. The van der Waals surface area contributed by atoms with Crippen LogP contribution in [0.3, 0.4) is 0 Å². The highest BCUT2D eigenvalue weighted by Crippen LogP contribution is 2.44. The number of alkyl halides is 1. The molecule has 6 rings (SSSR count). The van der Waals surface area contributed by atoms with Crippen LogP contribution in [0.2, 0.25) is 10.0 Å². The number of rotatable bonds is 8. The van der Waals surface area contributed by atoms with E-state index in [-0.39, 0.29) is 25.7 Å². The SMILES string of the molecule is CCOC(=O)C(c1ncn2c1CCC2)N1Cc2c(Cl)cc(-c3ccc(C4CCN(CCF)CC4)cc3)c(Cl)c2C1=O. The Morgan fingerprint density at radius 3 is 2.63 bits per heavy atom. The predicted octanol–water partition coefficient (Wildman–Crippen LogP) is 6.21. The molecule has 1 amide bonds. The number of benzene rings is 2. The molecule has 1 saturated heterocycles. The summed E-state index contributed by atoms with van der Waals surface area (Å²) in [7, 11) is 0. The lowest BCUT2D eigenvalue weighted by molar-refractivity contribution is -0.149. The molecule has 3 aromatic rings. The van der Waals surface area contributed by atoms with Crippen LogP contribution in [0.4, 0.5) is 4.39 Å². The number of halogens is 3. The zero-order valence-corrected chi connectivity index (χ0v) is 24.6. The van der Waals surface area contributed by atoms with Crippen molar-refractivity contribution in [2.75, 3.05) is 32.9 Å². The number of hydrogen-bond donors (Lipinski definition) is 0. The number of carbonyl (C=O) groups is 2. The highest BCUT2D eigenvalue weighted by atomic mass is 35.5. The first-order valence-corrected chi connectivity index (χ1v) is 15.1. The monoisotopic (exact) mass is 598 g/mol. The minimum absolute atomic E-state index is 0.142. The summed E-state index contributed by atoms with van der Waals surface area (Å²) in [5, 5.41) is 0.749. The fourth-order valence-corrected chi connectivity index (χ4v) is 7.15. The van der Waals surface area contributed by atoms with Gasteiger partial charge in [0.15, 0.2) is 6.04 Å². The summed E-state index contributed by atoms with van der Waals surface area (Å²) < 4.78 is 20.1. The largest absolute Gasteiger partial charge is 0.464 e. The molecule has 4 heterocycles. The second-order valence-electron chi connectivity index (χ2n) is 11.0. The normalized spacial score (nSPS) is 18.0. The molecule has 0 bridgehead atoms. The first kappa shape index (κ1) is 28.2. The molecule has 3 aliphatic heterocycles. The van der Waals surface area contributed by atoms with E-state index in [0.717, 1.165) is 56.6 Å². The van der Waals surface area contributed by atoms with E-state index in [4.69, 9.17) is 27.9 Å². The number of amides is 1. The van der Waals surface area contributed by atoms with Crippen LogP contribution in [0.25, 0.3) is 11.1 Å². The molecule has 1 unspecified atom stereocenters. The van der Waals surface area contributed by atoms with Gasteiger partial charge in [-0.2, -0.15) is 0 Å². The van der Waals surface area contributed by atoms with Gasteiger partial charge in [-0.15, -0.1) is 0 Å². The van der Waals surface area contributed by atoms with E-state index in [2.05, 4.69) is 22.0 Å². The van der Waals surface area contributed by atoms with Crippen LogP contribution in [0.1, 0.15) is 71.0 Å². The number of aromatic nitrogens is 2. The fourth-order valence-electron chi connectivity index (χ4n) is 6.53. The van der Waals surface area contributed by atoms with Gasteiger partial charge in [-0.1, -0.05) is 47.5 Å². The molecule has 7 nitrogen and oxygen atoms in total. The maximum Gasteiger partial charge on any atom is 0.335 e. The van der Waals surface area contributed by atoms with Crippen molar-refractivity contribution in [2.24, 2.45) is 0 Å². The third-order valence-corrected chi connectivity index (χ3v) is 9.40. The zero-order chi connectivity index (χ0) is 28.7. The molecule has 2 aromatic carbocycles. The Bertz CT molecular complexity index is 1470. The second-order valence-corrected chi connectivity index (χ2v) is 11.7. The highest BCUT2D eigenvalue weighted by molar-refractivity contribution is 6.39. The van der Waals surface area contributed by atoms with Gasteiger partial charge in [0.1, 0.15) is 6.67 Å². The molecule has 0 spiro atoms. The van der Waals surface area contributed by atoms with Crippen molar-refractivity contribution < 1.29 is 18.7 Å². The quantitative estimate of drug-likeness (QED) is 0.288. The maximum absolute atomic E-state index is 13.9. The summed E-state index contributed by atoms with van der Waals surface area (Å²) in [6.45, 7) is 4.91. The molecule has 10 heteroatoms. The van der Waals surface area contributed by atoms with Crippen LogP contribution < -0.4 is 0 Å². The Morgan fingerprint density at radius 2 is 1.93 bits per heavy atom. The third kappa shape index (κ3) is 5.15. The van der Waals surface area contributed by atoms with Gasteiger partial charge in [-0.25, -0.2) is 14.2 Å². The molecule has 41 heavy (non-hydrogen) atoms. The van der Waals surface area contributed by atoms with Crippen molar-refractivity contribution in [1.82, 2.24) is 19.4 Å². The molecule has 1 atom stereocenters. The molecule has 3 aliphatic rings. The second kappa shape index (κ2) is 11.7. The van der Waals surface area contributed by atoms with E-state index >= 15 is 0 Å². The van der Waals surface area contributed by atoms with Crippen LogP contribution in [-0.2, 0) is 29.0 Å². The van der Waals surface area contributed by atoms with Crippen LogP contribution >= 0.6 is 23.2 Å². The molecule has 1 fully saturated rings. The van der Waals surface area contributed by atoms with Gasteiger partial charge in [0.25, 0.3) is 5.91 Å². The Balaban J connectivity index is 1.28. The molecule has 0 N–H and O–H groups in total. The zero-order valence-electron chi connectivity index (χ0n) is 23.0. The van der Waals surface area contributed by atoms with Crippen LogP contribution in [-0.4, -0.2) is 64.1 Å². The van der Waals surface area contributed by atoms with Crippen LogP contribution in [0.5, 0.6) is 0 Å². The Morgan fingerprint density at radius 1 is 1.17 bits per heavy atom. The number of likely N-dealkylation sites (tertiary alicyclic amines) is 1. The van der Waals surface area contributed by atoms with E-state index in [0.29, 0.717) is 44.9 Å². The Hall–Kier alpha value is -2.94. The Kier molecular flexibility index (Phi) is 8.07. The van der Waals surface area contributed by atoms with Crippen molar-refractivity contribution in [3.63, 3.8) is 0 Å². The van der Waals surface area contributed by atoms with E-state index in [1.807, 2.05) is 16.7 Å². The van der Waals surface area contributed by atoms with Crippen molar-refractivity contribution in [2.45, 2.75) is 57.7 Å². The number of fused-ring (bicyclic) bond motifs is 2. The molecule has 0 aliphatic carbocycles. The van der Waals surface area contributed by atoms with Gasteiger partial charge >= 0.3 is 5.97 Å². The van der Waals surface area contributed by atoms with Crippen molar-refractivity contribution in [3.05, 3.63) is 74.8 Å². The number of carbonyl (C=O) groups excluding carboxylic acids is 2. The minimum atomic E-state index is -0.976. The van der Waals surface area contributed by atoms with E-state index in [1.54, 1.807) is 19.3 Å². The van der Waals surface area contributed by atoms with E-state index in [1.165, 1.54) is 10.5 Å². The lowest BCUT2D eigenvalue weighted by Gasteiger charge is -2.31. The van der Waals surface area contributed by atoms with Crippen molar-refractivity contribution >= 4 is 35.1 Å². The highest BCUT2D eigenvalue weighted by Gasteiger charge is 2.43. The van der Waals surface area contributed by atoms with E-state index < -0.39 is 12.0 Å². The third-order valence-electron chi connectivity index (χ3n) is 8.67. The van der Waals surface area contributed by atoms with Gasteiger partial charge in [0, 0.05) is 41.5 Å².